The van der Waals surface area contributed by atoms with Gasteiger partial charge in [-0.05, 0) is 46.2 Å². The van der Waals surface area contributed by atoms with E-state index in [0.717, 1.165) is 13.0 Å². The minimum absolute atomic E-state index is 0.230. The Morgan fingerprint density at radius 1 is 1.32 bits per heavy atom. The second kappa shape index (κ2) is 5.00. The van der Waals surface area contributed by atoms with Crippen LogP contribution >= 0.6 is 22.6 Å². The third-order valence-corrected chi connectivity index (χ3v) is 4.42. The Hall–Kier alpha value is -1.30. The van der Waals surface area contributed by atoms with Crippen molar-refractivity contribution in [2.24, 2.45) is 0 Å². The molecule has 0 saturated carbocycles. The van der Waals surface area contributed by atoms with E-state index in [9.17, 15) is 4.39 Å². The molecule has 1 aliphatic rings. The van der Waals surface area contributed by atoms with Crippen LogP contribution < -0.4 is 11.1 Å². The van der Waals surface area contributed by atoms with Gasteiger partial charge in [0.25, 0.3) is 0 Å². The van der Waals surface area contributed by atoms with Gasteiger partial charge in [-0.25, -0.2) is 4.39 Å². The van der Waals surface area contributed by atoms with E-state index in [-0.39, 0.29) is 5.82 Å². The van der Waals surface area contributed by atoms with E-state index < -0.39 is 0 Å². The van der Waals surface area contributed by atoms with E-state index in [0.29, 0.717) is 20.9 Å². The zero-order valence-electron chi connectivity index (χ0n) is 10.3. The number of rotatable bonds is 3. The Morgan fingerprint density at radius 2 is 2.11 bits per heavy atom. The molecule has 0 aliphatic heterocycles. The largest absolute Gasteiger partial charge is 0.397 e. The minimum atomic E-state index is -0.230. The average Bonchev–Trinajstić information content (AvgIpc) is 2.36. The normalized spacial score (nSPS) is 16.6. The molecule has 0 fully saturated rings. The molecule has 3 rings (SSSR count). The van der Waals surface area contributed by atoms with Crippen LogP contribution in [0.2, 0.25) is 0 Å². The number of halogens is 2. The Kier molecular flexibility index (Phi) is 3.35. The van der Waals surface area contributed by atoms with Gasteiger partial charge in [-0.3, -0.25) is 0 Å². The van der Waals surface area contributed by atoms with Gasteiger partial charge in [-0.1, -0.05) is 24.3 Å². The van der Waals surface area contributed by atoms with Crippen LogP contribution in [-0.4, -0.2) is 6.54 Å². The lowest BCUT2D eigenvalue weighted by Crippen LogP contribution is -2.24. The van der Waals surface area contributed by atoms with Crippen molar-refractivity contribution in [2.75, 3.05) is 17.6 Å². The number of benzene rings is 2. The highest BCUT2D eigenvalue weighted by Crippen LogP contribution is 2.35. The quantitative estimate of drug-likeness (QED) is 0.640. The molecular weight excluding hydrogens is 354 g/mol. The first kappa shape index (κ1) is 12.7. The topological polar surface area (TPSA) is 38.0 Å². The van der Waals surface area contributed by atoms with Gasteiger partial charge < -0.3 is 11.1 Å². The monoisotopic (exact) mass is 368 g/mol. The maximum Gasteiger partial charge on any atom is 0.138 e. The molecule has 0 bridgehead atoms. The lowest BCUT2D eigenvalue weighted by atomic mass is 9.77. The summed E-state index contributed by atoms with van der Waals surface area (Å²) in [6.07, 6.45) is 1.08. The van der Waals surface area contributed by atoms with E-state index in [1.54, 1.807) is 6.07 Å². The number of nitrogen functional groups attached to an aromatic ring is 1. The molecule has 0 spiro atoms. The molecule has 0 radical (unpaired) electrons. The molecule has 0 amide bonds. The van der Waals surface area contributed by atoms with Crippen LogP contribution in [0.5, 0.6) is 0 Å². The summed E-state index contributed by atoms with van der Waals surface area (Å²) in [7, 11) is 0. The zero-order valence-corrected chi connectivity index (χ0v) is 12.4. The molecule has 1 aliphatic carbocycles. The predicted molar refractivity (Wildman–Crippen MR) is 84.9 cm³/mol. The maximum atomic E-state index is 13.5. The molecule has 2 aromatic rings. The van der Waals surface area contributed by atoms with E-state index in [1.165, 1.54) is 17.2 Å². The van der Waals surface area contributed by atoms with Crippen LogP contribution in [0.1, 0.15) is 17.0 Å². The molecule has 0 saturated heterocycles. The highest BCUT2D eigenvalue weighted by Gasteiger charge is 2.25. The lowest BCUT2D eigenvalue weighted by molar-refractivity contribution is 0.618. The second-order valence-electron chi connectivity index (χ2n) is 4.83. The summed E-state index contributed by atoms with van der Waals surface area (Å²) in [6.45, 7) is 0.793. The SMILES string of the molecule is Nc1cc(I)c(F)cc1NCC1Cc2ccccc21. The Balaban J connectivity index is 1.70. The van der Waals surface area contributed by atoms with Crippen LogP contribution in [0, 0.1) is 9.39 Å². The fourth-order valence-electron chi connectivity index (χ4n) is 2.49. The summed E-state index contributed by atoms with van der Waals surface area (Å²) in [4.78, 5) is 0. The minimum Gasteiger partial charge on any atom is -0.397 e. The fraction of sp³-hybridized carbons (Fsp3) is 0.200. The highest BCUT2D eigenvalue weighted by molar-refractivity contribution is 14.1. The summed E-state index contributed by atoms with van der Waals surface area (Å²) >= 11 is 1.94. The van der Waals surface area contributed by atoms with E-state index >= 15 is 0 Å². The first-order chi connectivity index (χ1) is 9.15. The standard InChI is InChI=1S/C15H14FIN2/c16-12-6-15(14(18)7-13(12)17)19-8-10-5-9-3-1-2-4-11(9)10/h1-4,6-7,10,19H,5,8,18H2. The van der Waals surface area contributed by atoms with Crippen LogP contribution in [-0.2, 0) is 6.42 Å². The number of nitrogens with one attached hydrogen (secondary N) is 1. The van der Waals surface area contributed by atoms with Crippen LogP contribution in [0.15, 0.2) is 36.4 Å². The summed E-state index contributed by atoms with van der Waals surface area (Å²) in [6, 6.07) is 11.6. The summed E-state index contributed by atoms with van der Waals surface area (Å²) in [5.41, 5.74) is 9.98. The van der Waals surface area contributed by atoms with Crippen molar-refractivity contribution in [1.29, 1.82) is 0 Å². The van der Waals surface area contributed by atoms with Crippen molar-refractivity contribution in [3.63, 3.8) is 0 Å². The lowest BCUT2D eigenvalue weighted by Gasteiger charge is -2.30. The number of fused-ring (bicyclic) bond motifs is 1. The fourth-order valence-corrected chi connectivity index (χ4v) is 2.98. The molecular formula is C15H14FIN2. The van der Waals surface area contributed by atoms with Crippen molar-refractivity contribution < 1.29 is 4.39 Å². The summed E-state index contributed by atoms with van der Waals surface area (Å²) < 4.78 is 14.1. The Labute approximate surface area is 125 Å². The molecule has 1 atom stereocenters. The van der Waals surface area contributed by atoms with E-state index in [4.69, 9.17) is 5.73 Å². The van der Waals surface area contributed by atoms with Gasteiger partial charge in [0.15, 0.2) is 0 Å². The Morgan fingerprint density at radius 3 is 2.89 bits per heavy atom. The molecule has 4 heteroatoms. The molecule has 0 heterocycles. The van der Waals surface area contributed by atoms with Crippen molar-refractivity contribution in [2.45, 2.75) is 12.3 Å². The smallest absolute Gasteiger partial charge is 0.138 e. The van der Waals surface area contributed by atoms with Crippen LogP contribution in [0.3, 0.4) is 0 Å². The van der Waals surface area contributed by atoms with Gasteiger partial charge in [0.05, 0.1) is 14.9 Å². The maximum absolute atomic E-state index is 13.5. The third kappa shape index (κ3) is 2.41. The van der Waals surface area contributed by atoms with Gasteiger partial charge in [0, 0.05) is 18.5 Å². The van der Waals surface area contributed by atoms with E-state index in [1.807, 2.05) is 22.6 Å². The zero-order chi connectivity index (χ0) is 13.4. The van der Waals surface area contributed by atoms with Crippen molar-refractivity contribution in [3.05, 3.63) is 56.9 Å². The number of nitrogens with two attached hydrogens (primary N) is 1. The average molecular weight is 368 g/mol. The van der Waals surface area contributed by atoms with Crippen LogP contribution in [0.25, 0.3) is 0 Å². The molecule has 19 heavy (non-hydrogen) atoms. The molecule has 98 valence electrons. The third-order valence-electron chi connectivity index (χ3n) is 3.59. The predicted octanol–water partition coefficient (Wildman–Crippen LogP) is 3.76. The van der Waals surface area contributed by atoms with Crippen LogP contribution in [0.4, 0.5) is 15.8 Å². The number of hydrogen-bond donors (Lipinski definition) is 2. The second-order valence-corrected chi connectivity index (χ2v) is 6.00. The van der Waals surface area contributed by atoms with Gasteiger partial charge >= 0.3 is 0 Å². The number of anilines is 2. The van der Waals surface area contributed by atoms with Gasteiger partial charge in [-0.2, -0.15) is 0 Å². The van der Waals surface area contributed by atoms with Gasteiger partial charge in [0.2, 0.25) is 0 Å². The summed E-state index contributed by atoms with van der Waals surface area (Å²) in [5.74, 6) is 0.268. The number of hydrogen-bond acceptors (Lipinski definition) is 2. The van der Waals surface area contributed by atoms with E-state index in [2.05, 4.69) is 29.6 Å². The molecule has 3 N–H and O–H groups in total. The van der Waals surface area contributed by atoms with Crippen molar-refractivity contribution in [3.8, 4) is 0 Å². The Bertz CT molecular complexity index is 628. The summed E-state index contributed by atoms with van der Waals surface area (Å²) in [5, 5.41) is 3.26. The molecule has 2 nitrogen and oxygen atoms in total. The van der Waals surface area contributed by atoms with Gasteiger partial charge in [0.1, 0.15) is 5.82 Å². The van der Waals surface area contributed by atoms with Crippen molar-refractivity contribution in [1.82, 2.24) is 0 Å². The molecule has 2 aromatic carbocycles. The first-order valence-corrected chi connectivity index (χ1v) is 7.29. The molecule has 0 aromatic heterocycles. The first-order valence-electron chi connectivity index (χ1n) is 6.21. The van der Waals surface area contributed by atoms with Crippen molar-refractivity contribution >= 4 is 34.0 Å². The molecule has 1 unspecified atom stereocenters. The van der Waals surface area contributed by atoms with Gasteiger partial charge in [-0.15, -0.1) is 0 Å². The highest BCUT2D eigenvalue weighted by atomic mass is 127.